The molecular weight excluding hydrogens is 560 g/mol. The molecule has 3 aromatic carbocycles. The Morgan fingerprint density at radius 2 is 1.59 bits per heavy atom. The Kier molecular flexibility index (Phi) is 9.06. The number of aliphatic hydroxyl groups excluding tert-OH is 2. The number of fused-ring (bicyclic) bond motifs is 1. The van der Waals surface area contributed by atoms with Crippen LogP contribution >= 0.6 is 0 Å². The van der Waals surface area contributed by atoms with Gasteiger partial charge in [0, 0.05) is 19.5 Å². The molecule has 11 nitrogen and oxygen atoms in total. The second-order valence-corrected chi connectivity index (χ2v) is 10.6. The van der Waals surface area contributed by atoms with Crippen LogP contribution in [-0.2, 0) is 22.5 Å². The summed E-state index contributed by atoms with van der Waals surface area (Å²) in [5, 5.41) is 27.6. The number of benzene rings is 3. The van der Waals surface area contributed by atoms with Crippen molar-refractivity contribution in [1.29, 1.82) is 0 Å². The number of nitrogens with zero attached hydrogens (tertiary/aromatic N) is 4. The fourth-order valence-electron chi connectivity index (χ4n) is 5.18. The summed E-state index contributed by atoms with van der Waals surface area (Å²) in [7, 11) is 0. The molecule has 1 saturated heterocycles. The second-order valence-electron chi connectivity index (χ2n) is 10.6. The van der Waals surface area contributed by atoms with Crippen molar-refractivity contribution in [3.63, 3.8) is 0 Å². The lowest BCUT2D eigenvalue weighted by atomic mass is 10.1. The summed E-state index contributed by atoms with van der Waals surface area (Å²) in [5.41, 5.74) is 3.13. The van der Waals surface area contributed by atoms with Gasteiger partial charge in [0.25, 0.3) is 0 Å². The van der Waals surface area contributed by atoms with Gasteiger partial charge in [-0.2, -0.15) is 0 Å². The molecule has 0 aliphatic carbocycles. The summed E-state index contributed by atoms with van der Waals surface area (Å²) in [6.07, 6.45) is 0.615. The lowest BCUT2D eigenvalue weighted by Gasteiger charge is -2.16. The molecule has 226 valence electrons. The zero-order chi connectivity index (χ0) is 30.3. The SMILES string of the molecule is O=C(CCCc1ccccc1)NC[C@H]1O[C@@H](n2cnc3c(NCc4ccc(Oc5ccccc5)cc4)ncnc32)[C@H](O)[C@@H]1O. The number of aromatic nitrogens is 4. The number of aliphatic hydroxyl groups is 2. The number of ether oxygens (including phenoxy) is 2. The third-order valence-electron chi connectivity index (χ3n) is 7.54. The van der Waals surface area contributed by atoms with Gasteiger partial charge in [-0.3, -0.25) is 9.36 Å². The van der Waals surface area contributed by atoms with E-state index >= 15 is 0 Å². The average molecular weight is 595 g/mol. The Hall–Kier alpha value is -4.84. The molecule has 1 fully saturated rings. The van der Waals surface area contributed by atoms with E-state index in [4.69, 9.17) is 9.47 Å². The van der Waals surface area contributed by atoms with E-state index in [9.17, 15) is 15.0 Å². The summed E-state index contributed by atoms with van der Waals surface area (Å²) < 4.78 is 13.4. The lowest BCUT2D eigenvalue weighted by Crippen LogP contribution is -2.39. The highest BCUT2D eigenvalue weighted by atomic mass is 16.6. The first-order valence-electron chi connectivity index (χ1n) is 14.6. The van der Waals surface area contributed by atoms with Gasteiger partial charge >= 0.3 is 0 Å². The summed E-state index contributed by atoms with van der Waals surface area (Å²) in [6.45, 7) is 0.557. The van der Waals surface area contributed by atoms with Gasteiger partial charge < -0.3 is 30.3 Å². The standard InChI is InChI=1S/C33H34N6O5/c40-27(13-7-10-22-8-3-1-4-9-22)34-19-26-29(41)30(42)33(44-26)39-21-38-28-31(36-20-37-32(28)39)35-18-23-14-16-25(17-15-23)43-24-11-5-2-6-12-24/h1-6,8-9,11-12,14-17,20-21,26,29-30,33,41-42H,7,10,13,18-19H2,(H,34,40)(H,35,36,37)/t26-,29-,30-,33-/m1/s1. The topological polar surface area (TPSA) is 144 Å². The van der Waals surface area contributed by atoms with E-state index in [2.05, 4.69) is 25.6 Å². The van der Waals surface area contributed by atoms with Crippen molar-refractivity contribution in [3.05, 3.63) is 109 Å². The molecule has 4 atom stereocenters. The first-order chi connectivity index (χ1) is 21.5. The number of nitrogens with one attached hydrogen (secondary N) is 2. The molecule has 0 radical (unpaired) electrons. The van der Waals surface area contributed by atoms with Crippen molar-refractivity contribution in [1.82, 2.24) is 24.8 Å². The number of rotatable bonds is 12. The number of anilines is 1. The molecule has 0 spiro atoms. The fraction of sp³-hybridized carbons (Fsp3) is 0.273. The third kappa shape index (κ3) is 6.86. The first-order valence-corrected chi connectivity index (χ1v) is 14.6. The predicted molar refractivity (Wildman–Crippen MR) is 164 cm³/mol. The normalized spacial score (nSPS) is 19.6. The van der Waals surface area contributed by atoms with Crippen LogP contribution in [0.25, 0.3) is 11.2 Å². The summed E-state index contributed by atoms with van der Waals surface area (Å²) in [4.78, 5) is 25.6. The van der Waals surface area contributed by atoms with E-state index in [1.807, 2.05) is 84.9 Å². The van der Waals surface area contributed by atoms with Crippen molar-refractivity contribution in [2.75, 3.05) is 11.9 Å². The molecule has 6 rings (SSSR count). The molecule has 4 N–H and O–H groups in total. The van der Waals surface area contributed by atoms with Crippen molar-refractivity contribution < 1.29 is 24.5 Å². The molecule has 44 heavy (non-hydrogen) atoms. The molecule has 1 aliphatic heterocycles. The van der Waals surface area contributed by atoms with Crippen molar-refractivity contribution in [2.24, 2.45) is 0 Å². The van der Waals surface area contributed by atoms with Crippen molar-refractivity contribution in [2.45, 2.75) is 50.3 Å². The van der Waals surface area contributed by atoms with Crippen LogP contribution < -0.4 is 15.4 Å². The summed E-state index contributed by atoms with van der Waals surface area (Å²) >= 11 is 0. The monoisotopic (exact) mass is 594 g/mol. The van der Waals surface area contributed by atoms with Crippen LogP contribution in [0.5, 0.6) is 11.5 Å². The Bertz CT molecular complexity index is 1670. The number of para-hydroxylation sites is 1. The molecule has 0 unspecified atom stereocenters. The molecule has 0 bridgehead atoms. The summed E-state index contributed by atoms with van der Waals surface area (Å²) in [5.74, 6) is 1.89. The van der Waals surface area contributed by atoms with Gasteiger partial charge in [-0.1, -0.05) is 60.7 Å². The number of imidazole rings is 1. The number of aryl methyl sites for hydroxylation is 1. The highest BCUT2D eigenvalue weighted by Crippen LogP contribution is 2.32. The largest absolute Gasteiger partial charge is 0.457 e. The van der Waals surface area contributed by atoms with Crippen molar-refractivity contribution in [3.8, 4) is 11.5 Å². The first kappa shape index (κ1) is 29.2. The van der Waals surface area contributed by atoms with E-state index in [1.165, 1.54) is 18.2 Å². The molecule has 2 aromatic heterocycles. The van der Waals surface area contributed by atoms with Crippen LogP contribution in [0.15, 0.2) is 97.6 Å². The highest BCUT2D eigenvalue weighted by molar-refractivity contribution is 5.82. The molecule has 5 aromatic rings. The van der Waals surface area contributed by atoms with Crippen LogP contribution in [0.4, 0.5) is 5.82 Å². The molecule has 3 heterocycles. The fourth-order valence-corrected chi connectivity index (χ4v) is 5.18. The van der Waals surface area contributed by atoms with E-state index in [0.717, 1.165) is 23.5 Å². The smallest absolute Gasteiger partial charge is 0.220 e. The van der Waals surface area contributed by atoms with E-state index in [0.29, 0.717) is 36.4 Å². The van der Waals surface area contributed by atoms with Gasteiger partial charge in [-0.25, -0.2) is 15.0 Å². The Balaban J connectivity index is 1.04. The Morgan fingerprint density at radius 1 is 0.864 bits per heavy atom. The van der Waals surface area contributed by atoms with Crippen LogP contribution in [0.2, 0.25) is 0 Å². The maximum Gasteiger partial charge on any atom is 0.220 e. The average Bonchev–Trinajstić information content (AvgIpc) is 3.61. The quantitative estimate of drug-likeness (QED) is 0.169. The highest BCUT2D eigenvalue weighted by Gasteiger charge is 2.44. The van der Waals surface area contributed by atoms with E-state index in [-0.39, 0.29) is 12.5 Å². The molecule has 1 aliphatic rings. The zero-order valence-corrected chi connectivity index (χ0v) is 24.0. The van der Waals surface area contributed by atoms with Crippen LogP contribution in [0.1, 0.15) is 30.2 Å². The van der Waals surface area contributed by atoms with Gasteiger partial charge in [0.1, 0.15) is 36.1 Å². The molecule has 0 saturated carbocycles. The molecule has 1 amide bonds. The number of carbonyl (C=O) groups excluding carboxylic acids is 1. The van der Waals surface area contributed by atoms with Gasteiger partial charge in [0.15, 0.2) is 23.2 Å². The maximum atomic E-state index is 12.4. The number of hydrogen-bond acceptors (Lipinski definition) is 9. The van der Waals surface area contributed by atoms with Crippen LogP contribution in [-0.4, -0.2) is 60.5 Å². The van der Waals surface area contributed by atoms with E-state index < -0.39 is 24.5 Å². The lowest BCUT2D eigenvalue weighted by molar-refractivity contribution is -0.122. The Morgan fingerprint density at radius 3 is 2.36 bits per heavy atom. The minimum Gasteiger partial charge on any atom is -0.457 e. The van der Waals surface area contributed by atoms with Gasteiger partial charge in [0.05, 0.1) is 6.33 Å². The second kappa shape index (κ2) is 13.6. The minimum absolute atomic E-state index is 0.0719. The molecule has 11 heteroatoms. The summed E-state index contributed by atoms with van der Waals surface area (Å²) in [6, 6.07) is 27.3. The molecular formula is C33H34N6O5. The van der Waals surface area contributed by atoms with Crippen LogP contribution in [0, 0.1) is 0 Å². The number of hydrogen-bond donors (Lipinski definition) is 4. The van der Waals surface area contributed by atoms with E-state index in [1.54, 1.807) is 4.57 Å². The van der Waals surface area contributed by atoms with Gasteiger partial charge in [0.2, 0.25) is 5.91 Å². The maximum absolute atomic E-state index is 12.4. The number of carbonyl (C=O) groups is 1. The number of amides is 1. The van der Waals surface area contributed by atoms with Crippen LogP contribution in [0.3, 0.4) is 0 Å². The Labute approximate surface area is 254 Å². The zero-order valence-electron chi connectivity index (χ0n) is 24.0. The van der Waals surface area contributed by atoms with Crippen molar-refractivity contribution >= 4 is 22.9 Å². The van der Waals surface area contributed by atoms with Gasteiger partial charge in [-0.05, 0) is 48.2 Å². The third-order valence-corrected chi connectivity index (χ3v) is 7.54. The minimum atomic E-state index is -1.24. The predicted octanol–water partition coefficient (Wildman–Crippen LogP) is 3.99. The van der Waals surface area contributed by atoms with Gasteiger partial charge in [-0.15, -0.1) is 0 Å².